The first kappa shape index (κ1) is 15.3. The van der Waals surface area contributed by atoms with Gasteiger partial charge < -0.3 is 0 Å². The quantitative estimate of drug-likeness (QED) is 0.795. The van der Waals surface area contributed by atoms with Crippen molar-refractivity contribution in [1.82, 2.24) is 19.3 Å². The zero-order valence-electron chi connectivity index (χ0n) is 12.5. The van der Waals surface area contributed by atoms with Crippen LogP contribution in [-0.2, 0) is 10.0 Å². The van der Waals surface area contributed by atoms with E-state index in [1.807, 2.05) is 16.9 Å². The fourth-order valence-electron chi connectivity index (χ4n) is 2.97. The molecule has 1 saturated carbocycles. The molecule has 2 heterocycles. The lowest BCUT2D eigenvalue weighted by atomic mass is 10.2. The van der Waals surface area contributed by atoms with E-state index in [0.717, 1.165) is 12.1 Å². The van der Waals surface area contributed by atoms with Crippen LogP contribution in [0.25, 0.3) is 0 Å². The summed E-state index contributed by atoms with van der Waals surface area (Å²) in [5, 5.41) is 8.42. The zero-order chi connectivity index (χ0) is 16.0. The maximum absolute atomic E-state index is 12.8. The van der Waals surface area contributed by atoms with Gasteiger partial charge in [0, 0.05) is 29.7 Å². The molecule has 0 radical (unpaired) electrons. The van der Waals surface area contributed by atoms with Gasteiger partial charge in [0.15, 0.2) is 0 Å². The molecule has 23 heavy (non-hydrogen) atoms. The molecule has 2 aromatic rings. The third-order valence-electron chi connectivity index (χ3n) is 4.48. The predicted octanol–water partition coefficient (Wildman–Crippen LogP) is 2.55. The van der Waals surface area contributed by atoms with E-state index in [-0.39, 0.29) is 6.04 Å². The Kier molecular flexibility index (Phi) is 3.78. The van der Waals surface area contributed by atoms with Gasteiger partial charge in [0.25, 0.3) is 0 Å². The van der Waals surface area contributed by atoms with Gasteiger partial charge in [-0.2, -0.15) is 4.31 Å². The molecule has 0 bridgehead atoms. The summed E-state index contributed by atoms with van der Waals surface area (Å²) in [7, 11) is -3.48. The van der Waals surface area contributed by atoms with Crippen LogP contribution >= 0.6 is 15.9 Å². The minimum atomic E-state index is -3.48. The molecule has 1 aromatic carbocycles. The summed E-state index contributed by atoms with van der Waals surface area (Å²) in [5.41, 5.74) is 1.04. The molecule has 1 atom stereocenters. The Labute approximate surface area is 143 Å². The van der Waals surface area contributed by atoms with E-state index in [4.69, 9.17) is 0 Å². The molecular formula is C15H17BrN4O2S. The number of hydrogen-bond donors (Lipinski definition) is 0. The SMILES string of the molecule is O=S(=O)(c1ccccc1Br)N1CCC(n2cc(C3CC3)nn2)C1. The topological polar surface area (TPSA) is 68.1 Å². The second kappa shape index (κ2) is 5.68. The lowest BCUT2D eigenvalue weighted by molar-refractivity contribution is 0.428. The third kappa shape index (κ3) is 2.83. The Bertz CT molecular complexity index is 832. The van der Waals surface area contributed by atoms with Crippen molar-refractivity contribution in [3.63, 3.8) is 0 Å². The smallest absolute Gasteiger partial charge is 0.244 e. The Morgan fingerprint density at radius 1 is 1.17 bits per heavy atom. The Morgan fingerprint density at radius 3 is 2.70 bits per heavy atom. The van der Waals surface area contributed by atoms with Gasteiger partial charge in [-0.15, -0.1) is 5.10 Å². The van der Waals surface area contributed by atoms with Gasteiger partial charge in [0.1, 0.15) is 0 Å². The second-order valence-corrected chi connectivity index (χ2v) is 8.89. The molecule has 1 aliphatic heterocycles. The highest BCUT2D eigenvalue weighted by Crippen LogP contribution is 2.39. The number of nitrogens with zero attached hydrogens (tertiary/aromatic N) is 4. The van der Waals surface area contributed by atoms with Crippen molar-refractivity contribution < 1.29 is 8.42 Å². The summed E-state index contributed by atoms with van der Waals surface area (Å²) in [6.45, 7) is 0.949. The molecule has 1 saturated heterocycles. The molecule has 1 unspecified atom stereocenters. The van der Waals surface area contributed by atoms with Gasteiger partial charge >= 0.3 is 0 Å². The molecule has 0 N–H and O–H groups in total. The highest BCUT2D eigenvalue weighted by molar-refractivity contribution is 9.10. The number of halogens is 1. The summed E-state index contributed by atoms with van der Waals surface area (Å²) >= 11 is 3.33. The van der Waals surface area contributed by atoms with Crippen LogP contribution in [0.3, 0.4) is 0 Å². The van der Waals surface area contributed by atoms with Gasteiger partial charge in [0.2, 0.25) is 10.0 Å². The monoisotopic (exact) mass is 396 g/mol. The molecule has 2 fully saturated rings. The van der Waals surface area contributed by atoms with Gasteiger partial charge in [-0.1, -0.05) is 17.3 Å². The number of sulfonamides is 1. The molecule has 1 aromatic heterocycles. The van der Waals surface area contributed by atoms with E-state index in [2.05, 4.69) is 26.2 Å². The van der Waals surface area contributed by atoms with Gasteiger partial charge in [-0.3, -0.25) is 0 Å². The largest absolute Gasteiger partial charge is 0.248 e. The maximum Gasteiger partial charge on any atom is 0.244 e. The minimum absolute atomic E-state index is 0.0623. The molecule has 4 rings (SSSR count). The average molecular weight is 397 g/mol. The molecule has 2 aliphatic rings. The normalized spacial score (nSPS) is 22.6. The summed E-state index contributed by atoms with van der Waals surface area (Å²) < 4.78 is 29.6. The van der Waals surface area contributed by atoms with Crippen molar-refractivity contribution in [2.75, 3.05) is 13.1 Å². The van der Waals surface area contributed by atoms with Gasteiger partial charge in [0.05, 0.1) is 16.6 Å². The average Bonchev–Trinajstić information content (AvgIpc) is 3.07. The molecular weight excluding hydrogens is 380 g/mol. The summed E-state index contributed by atoms with van der Waals surface area (Å²) in [5.74, 6) is 0.560. The van der Waals surface area contributed by atoms with Gasteiger partial charge in [-0.05, 0) is 47.3 Å². The van der Waals surface area contributed by atoms with Crippen LogP contribution in [-0.4, -0.2) is 40.8 Å². The molecule has 0 spiro atoms. The third-order valence-corrected chi connectivity index (χ3v) is 7.36. The standard InChI is InChI=1S/C15H17BrN4O2S/c16-13-3-1-2-4-15(13)23(21,22)19-8-7-12(9-19)20-10-14(17-18-20)11-5-6-11/h1-4,10-12H,5-9H2. The minimum Gasteiger partial charge on any atom is -0.248 e. The lowest BCUT2D eigenvalue weighted by Gasteiger charge is -2.17. The first-order valence-corrected chi connectivity index (χ1v) is 9.95. The maximum atomic E-state index is 12.8. The van der Waals surface area contributed by atoms with Crippen LogP contribution in [0.2, 0.25) is 0 Å². The van der Waals surface area contributed by atoms with Crippen molar-refractivity contribution in [2.24, 2.45) is 0 Å². The summed E-state index contributed by atoms with van der Waals surface area (Å²) in [6.07, 6.45) is 5.12. The van der Waals surface area contributed by atoms with Crippen LogP contribution in [0.15, 0.2) is 39.8 Å². The second-order valence-electron chi connectivity index (χ2n) is 6.13. The lowest BCUT2D eigenvalue weighted by Crippen LogP contribution is -2.29. The molecule has 122 valence electrons. The molecule has 0 amide bonds. The molecule has 8 heteroatoms. The van der Waals surface area contributed by atoms with Gasteiger partial charge in [-0.25, -0.2) is 13.1 Å². The number of hydrogen-bond acceptors (Lipinski definition) is 4. The van der Waals surface area contributed by atoms with E-state index >= 15 is 0 Å². The Balaban J connectivity index is 1.54. The first-order valence-electron chi connectivity index (χ1n) is 7.72. The van der Waals surface area contributed by atoms with Crippen LogP contribution in [0.4, 0.5) is 0 Å². The van der Waals surface area contributed by atoms with Crippen LogP contribution in [0.1, 0.15) is 36.9 Å². The predicted molar refractivity (Wildman–Crippen MR) is 88.6 cm³/mol. The number of aromatic nitrogens is 3. The van der Waals surface area contributed by atoms with Crippen LogP contribution < -0.4 is 0 Å². The zero-order valence-corrected chi connectivity index (χ0v) is 14.9. The number of rotatable bonds is 4. The molecule has 1 aliphatic carbocycles. The van der Waals surface area contributed by atoms with Crippen molar-refractivity contribution in [1.29, 1.82) is 0 Å². The van der Waals surface area contributed by atoms with Crippen molar-refractivity contribution in [3.8, 4) is 0 Å². The van der Waals surface area contributed by atoms with Crippen molar-refractivity contribution in [2.45, 2.75) is 36.1 Å². The highest BCUT2D eigenvalue weighted by Gasteiger charge is 2.35. The van der Waals surface area contributed by atoms with E-state index in [0.29, 0.717) is 28.4 Å². The van der Waals surface area contributed by atoms with Crippen LogP contribution in [0.5, 0.6) is 0 Å². The highest BCUT2D eigenvalue weighted by atomic mass is 79.9. The summed E-state index contributed by atoms with van der Waals surface area (Å²) in [4.78, 5) is 0.318. The van der Waals surface area contributed by atoms with E-state index in [9.17, 15) is 8.42 Å². The van der Waals surface area contributed by atoms with Crippen LogP contribution in [0, 0.1) is 0 Å². The van der Waals surface area contributed by atoms with E-state index < -0.39 is 10.0 Å². The van der Waals surface area contributed by atoms with Crippen molar-refractivity contribution >= 4 is 26.0 Å². The fourth-order valence-corrected chi connectivity index (χ4v) is 5.43. The Hall–Kier alpha value is -1.25. The first-order chi connectivity index (χ1) is 11.1. The summed E-state index contributed by atoms with van der Waals surface area (Å²) in [6, 6.07) is 7.00. The van der Waals surface area contributed by atoms with E-state index in [1.165, 1.54) is 17.1 Å². The fraction of sp³-hybridized carbons (Fsp3) is 0.467. The number of benzene rings is 1. The van der Waals surface area contributed by atoms with Crippen molar-refractivity contribution in [3.05, 3.63) is 40.6 Å². The molecule has 6 nitrogen and oxygen atoms in total. The van der Waals surface area contributed by atoms with E-state index in [1.54, 1.807) is 18.2 Å². The Morgan fingerprint density at radius 2 is 1.96 bits per heavy atom.